The van der Waals surface area contributed by atoms with Gasteiger partial charge in [-0.2, -0.15) is 8.78 Å². The average Bonchev–Trinajstić information content (AvgIpc) is 2.14. The Morgan fingerprint density at radius 2 is 2.19 bits per heavy atom. The van der Waals surface area contributed by atoms with Gasteiger partial charge < -0.3 is 14.6 Å². The summed E-state index contributed by atoms with van der Waals surface area (Å²) in [7, 11) is 0. The second-order valence-electron chi connectivity index (χ2n) is 3.64. The second-order valence-corrected chi connectivity index (χ2v) is 3.64. The quantitative estimate of drug-likeness (QED) is 0.858. The third kappa shape index (κ3) is 2.31. The minimum atomic E-state index is -2.88. The highest BCUT2D eigenvalue weighted by atomic mass is 19.3. The fourth-order valence-corrected chi connectivity index (χ4v) is 1.59. The van der Waals surface area contributed by atoms with E-state index >= 15 is 0 Å². The van der Waals surface area contributed by atoms with E-state index in [2.05, 4.69) is 4.74 Å². The fourth-order valence-electron chi connectivity index (χ4n) is 1.59. The molecule has 1 aliphatic rings. The van der Waals surface area contributed by atoms with Crippen LogP contribution in [0.1, 0.15) is 17.0 Å². The molecule has 16 heavy (non-hydrogen) atoms. The van der Waals surface area contributed by atoms with Crippen LogP contribution in [0.4, 0.5) is 8.78 Å². The molecule has 1 aromatic rings. The largest absolute Gasteiger partial charge is 0.434 e. The van der Waals surface area contributed by atoms with Gasteiger partial charge in [-0.3, -0.25) is 0 Å². The van der Waals surface area contributed by atoms with Crippen LogP contribution < -0.4 is 4.74 Å². The van der Waals surface area contributed by atoms with Gasteiger partial charge in [-0.15, -0.1) is 0 Å². The summed E-state index contributed by atoms with van der Waals surface area (Å²) in [6, 6.07) is 4.95. The van der Waals surface area contributed by atoms with Crippen LogP contribution in [0.25, 0.3) is 0 Å². The first-order valence-electron chi connectivity index (χ1n) is 4.97. The van der Waals surface area contributed by atoms with Crippen molar-refractivity contribution in [2.45, 2.75) is 19.1 Å². The standard InChI is InChI=1S/C11H12F2O3/c12-11(13)16-10-3-7(9-5-15-6-9)1-2-8(10)4-14/h1-3,9,11,14H,4-6H2. The van der Waals surface area contributed by atoms with Gasteiger partial charge in [0, 0.05) is 11.5 Å². The highest BCUT2D eigenvalue weighted by Gasteiger charge is 2.22. The summed E-state index contributed by atoms with van der Waals surface area (Å²) < 4.78 is 33.7. The Morgan fingerprint density at radius 1 is 1.44 bits per heavy atom. The molecule has 1 aromatic carbocycles. The molecule has 0 unspecified atom stereocenters. The van der Waals surface area contributed by atoms with Crippen molar-refractivity contribution in [3.63, 3.8) is 0 Å². The molecule has 0 aliphatic carbocycles. The SMILES string of the molecule is OCc1ccc(C2COC2)cc1OC(F)F. The molecule has 5 heteroatoms. The number of ether oxygens (including phenoxy) is 2. The number of rotatable bonds is 4. The van der Waals surface area contributed by atoms with Crippen molar-refractivity contribution in [3.8, 4) is 5.75 Å². The Hall–Kier alpha value is -1.20. The van der Waals surface area contributed by atoms with Crippen LogP contribution in [-0.4, -0.2) is 24.9 Å². The minimum Gasteiger partial charge on any atom is -0.434 e. The van der Waals surface area contributed by atoms with E-state index in [0.29, 0.717) is 18.8 Å². The second kappa shape index (κ2) is 4.76. The van der Waals surface area contributed by atoms with Gasteiger partial charge in [0.15, 0.2) is 0 Å². The lowest BCUT2D eigenvalue weighted by Gasteiger charge is -2.27. The van der Waals surface area contributed by atoms with Crippen molar-refractivity contribution in [2.75, 3.05) is 13.2 Å². The molecule has 0 spiro atoms. The zero-order valence-electron chi connectivity index (χ0n) is 8.53. The summed E-state index contributed by atoms with van der Waals surface area (Å²) in [5.74, 6) is 0.287. The summed E-state index contributed by atoms with van der Waals surface area (Å²) in [6.07, 6.45) is 0. The van der Waals surface area contributed by atoms with Crippen LogP contribution in [0.2, 0.25) is 0 Å². The number of halogens is 2. The Labute approximate surface area is 91.6 Å². The molecule has 1 aliphatic heterocycles. The molecule has 1 heterocycles. The summed E-state index contributed by atoms with van der Waals surface area (Å²) >= 11 is 0. The van der Waals surface area contributed by atoms with Crippen LogP contribution in [-0.2, 0) is 11.3 Å². The van der Waals surface area contributed by atoms with Crippen LogP contribution in [0.3, 0.4) is 0 Å². The number of hydrogen-bond acceptors (Lipinski definition) is 3. The molecule has 88 valence electrons. The fraction of sp³-hybridized carbons (Fsp3) is 0.455. The Kier molecular flexibility index (Phi) is 3.36. The maximum Gasteiger partial charge on any atom is 0.387 e. The van der Waals surface area contributed by atoms with Gasteiger partial charge in [0.05, 0.1) is 19.8 Å². The monoisotopic (exact) mass is 230 g/mol. The van der Waals surface area contributed by atoms with Gasteiger partial charge in [0.25, 0.3) is 0 Å². The van der Waals surface area contributed by atoms with Gasteiger partial charge in [0.2, 0.25) is 0 Å². The van der Waals surface area contributed by atoms with Crippen molar-refractivity contribution in [3.05, 3.63) is 29.3 Å². The number of aliphatic hydroxyl groups is 1. The van der Waals surface area contributed by atoms with E-state index in [1.165, 1.54) is 0 Å². The van der Waals surface area contributed by atoms with Crippen molar-refractivity contribution < 1.29 is 23.4 Å². The van der Waals surface area contributed by atoms with Gasteiger partial charge in [-0.1, -0.05) is 12.1 Å². The first-order chi connectivity index (χ1) is 7.70. The molecule has 0 aromatic heterocycles. The smallest absolute Gasteiger partial charge is 0.387 e. The normalized spacial score (nSPS) is 16.2. The zero-order chi connectivity index (χ0) is 11.5. The lowest BCUT2D eigenvalue weighted by atomic mass is 9.96. The predicted octanol–water partition coefficient (Wildman–Crippen LogP) is 1.89. The highest BCUT2D eigenvalue weighted by Crippen LogP contribution is 2.30. The van der Waals surface area contributed by atoms with E-state index in [1.54, 1.807) is 18.2 Å². The lowest BCUT2D eigenvalue weighted by Crippen LogP contribution is -2.25. The molecular formula is C11H12F2O3. The lowest BCUT2D eigenvalue weighted by molar-refractivity contribution is -0.0511. The summed E-state index contributed by atoms with van der Waals surface area (Å²) in [4.78, 5) is 0. The Balaban J connectivity index is 2.22. The summed E-state index contributed by atoms with van der Waals surface area (Å²) in [5, 5.41) is 8.98. The maximum atomic E-state index is 12.1. The molecule has 0 saturated carbocycles. The molecule has 3 nitrogen and oxygen atoms in total. The molecule has 0 bridgehead atoms. The maximum absolute atomic E-state index is 12.1. The van der Waals surface area contributed by atoms with Crippen molar-refractivity contribution >= 4 is 0 Å². The van der Waals surface area contributed by atoms with Gasteiger partial charge >= 0.3 is 6.61 Å². The van der Waals surface area contributed by atoms with Crippen LogP contribution in [0.15, 0.2) is 18.2 Å². The molecule has 0 radical (unpaired) electrons. The van der Waals surface area contributed by atoms with Crippen LogP contribution >= 0.6 is 0 Å². The number of alkyl halides is 2. The first-order valence-corrected chi connectivity index (χ1v) is 4.97. The van der Waals surface area contributed by atoms with Crippen LogP contribution in [0, 0.1) is 0 Å². The summed E-state index contributed by atoms with van der Waals surface area (Å²) in [6.45, 7) is -1.99. The molecule has 2 rings (SSSR count). The average molecular weight is 230 g/mol. The number of aliphatic hydroxyl groups excluding tert-OH is 1. The van der Waals surface area contributed by atoms with E-state index in [1.807, 2.05) is 0 Å². The van der Waals surface area contributed by atoms with Gasteiger partial charge in [0.1, 0.15) is 5.75 Å². The van der Waals surface area contributed by atoms with Crippen LogP contribution in [0.5, 0.6) is 5.75 Å². The summed E-state index contributed by atoms with van der Waals surface area (Å²) in [5.41, 5.74) is 1.27. The molecule has 1 saturated heterocycles. The molecular weight excluding hydrogens is 218 g/mol. The molecule has 0 amide bonds. The van der Waals surface area contributed by atoms with Crippen molar-refractivity contribution in [1.82, 2.24) is 0 Å². The predicted molar refractivity (Wildman–Crippen MR) is 52.6 cm³/mol. The third-order valence-electron chi connectivity index (χ3n) is 2.59. The topological polar surface area (TPSA) is 38.7 Å². The van der Waals surface area contributed by atoms with E-state index in [0.717, 1.165) is 5.56 Å². The molecule has 1 fully saturated rings. The molecule has 0 atom stereocenters. The van der Waals surface area contributed by atoms with E-state index in [-0.39, 0.29) is 18.3 Å². The first kappa shape index (κ1) is 11.3. The Bertz CT molecular complexity index is 364. The number of hydrogen-bond donors (Lipinski definition) is 1. The minimum absolute atomic E-state index is 0.0434. The van der Waals surface area contributed by atoms with E-state index in [4.69, 9.17) is 9.84 Å². The number of benzene rings is 1. The third-order valence-corrected chi connectivity index (χ3v) is 2.59. The molecule has 1 N–H and O–H groups in total. The van der Waals surface area contributed by atoms with Crippen molar-refractivity contribution in [1.29, 1.82) is 0 Å². The van der Waals surface area contributed by atoms with Gasteiger partial charge in [-0.25, -0.2) is 0 Å². The van der Waals surface area contributed by atoms with Crippen molar-refractivity contribution in [2.24, 2.45) is 0 Å². The van der Waals surface area contributed by atoms with E-state index < -0.39 is 6.61 Å². The Morgan fingerprint density at radius 3 is 2.69 bits per heavy atom. The highest BCUT2D eigenvalue weighted by molar-refractivity contribution is 5.39. The zero-order valence-corrected chi connectivity index (χ0v) is 8.53. The van der Waals surface area contributed by atoms with E-state index in [9.17, 15) is 8.78 Å². The van der Waals surface area contributed by atoms with Gasteiger partial charge in [-0.05, 0) is 11.6 Å².